The van der Waals surface area contributed by atoms with Crippen LogP contribution in [0.25, 0.3) is 0 Å². The zero-order chi connectivity index (χ0) is 21.6. The highest BCUT2D eigenvalue weighted by molar-refractivity contribution is 5.80. The molecule has 2 aliphatic rings. The Morgan fingerprint density at radius 3 is 2.65 bits per heavy atom. The van der Waals surface area contributed by atoms with Crippen molar-refractivity contribution in [1.82, 2.24) is 25.4 Å². The Labute approximate surface area is 185 Å². The quantitative estimate of drug-likeness (QED) is 0.498. The molecule has 0 aliphatic heterocycles. The van der Waals surface area contributed by atoms with Gasteiger partial charge in [-0.05, 0) is 57.1 Å². The summed E-state index contributed by atoms with van der Waals surface area (Å²) in [4.78, 5) is 4.93. The number of aromatic nitrogens is 3. The number of aliphatic imine (C=N–C) groups is 1. The lowest BCUT2D eigenvalue weighted by atomic mass is 9.96. The molecule has 2 N–H and O–H groups in total. The summed E-state index contributed by atoms with van der Waals surface area (Å²) in [6.07, 6.45) is 8.88. The minimum absolute atomic E-state index is 0.477. The van der Waals surface area contributed by atoms with E-state index in [-0.39, 0.29) is 0 Å². The van der Waals surface area contributed by atoms with Crippen LogP contribution in [0, 0.1) is 19.8 Å². The first-order valence-electron chi connectivity index (χ1n) is 11.7. The highest BCUT2D eigenvalue weighted by Crippen LogP contribution is 2.31. The van der Waals surface area contributed by atoms with Gasteiger partial charge in [0.25, 0.3) is 0 Å². The molecule has 2 fully saturated rings. The van der Waals surface area contributed by atoms with Crippen LogP contribution < -0.4 is 15.4 Å². The molecule has 4 rings (SSSR count). The average molecular weight is 425 g/mol. The minimum atomic E-state index is 0.477. The van der Waals surface area contributed by atoms with Crippen molar-refractivity contribution in [2.45, 2.75) is 77.9 Å². The Morgan fingerprint density at radius 2 is 1.94 bits per heavy atom. The van der Waals surface area contributed by atoms with E-state index in [1.807, 2.05) is 18.5 Å². The Hall–Kier alpha value is -2.57. The monoisotopic (exact) mass is 424 g/mol. The van der Waals surface area contributed by atoms with Crippen LogP contribution in [0.3, 0.4) is 0 Å². The molecule has 2 aliphatic carbocycles. The van der Waals surface area contributed by atoms with Crippen LogP contribution in [0.1, 0.15) is 67.7 Å². The van der Waals surface area contributed by atoms with Crippen LogP contribution in [-0.2, 0) is 20.1 Å². The normalized spacial score (nSPS) is 17.6. The van der Waals surface area contributed by atoms with Gasteiger partial charge in [0.05, 0.1) is 19.7 Å². The fraction of sp³-hybridized carbons (Fsp3) is 0.625. The predicted molar refractivity (Wildman–Crippen MR) is 123 cm³/mol. The number of hydrogen-bond acceptors (Lipinski definition) is 4. The largest absolute Gasteiger partial charge is 0.493 e. The Balaban J connectivity index is 1.46. The average Bonchev–Trinajstić information content (AvgIpc) is 3.55. The van der Waals surface area contributed by atoms with Gasteiger partial charge in [-0.2, -0.15) is 0 Å². The summed E-state index contributed by atoms with van der Waals surface area (Å²) in [5, 5.41) is 15.6. The number of hydrogen-bond donors (Lipinski definition) is 2. The number of nitrogens with one attached hydrogen (secondary N) is 2. The van der Waals surface area contributed by atoms with Gasteiger partial charge in [-0.15, -0.1) is 10.2 Å². The van der Waals surface area contributed by atoms with Gasteiger partial charge in [0.1, 0.15) is 11.6 Å². The number of ether oxygens (including phenoxy) is 1. The van der Waals surface area contributed by atoms with Gasteiger partial charge in [-0.1, -0.05) is 31.4 Å². The molecular formula is C24H36N6O. The van der Waals surface area contributed by atoms with E-state index >= 15 is 0 Å². The molecule has 31 heavy (non-hydrogen) atoms. The number of guanidine groups is 1. The lowest BCUT2D eigenvalue weighted by Crippen LogP contribution is -2.44. The second-order valence-corrected chi connectivity index (χ2v) is 9.09. The maximum atomic E-state index is 6.14. The molecule has 1 aromatic heterocycles. The lowest BCUT2D eigenvalue weighted by molar-refractivity contribution is 0.296. The molecule has 1 heterocycles. The second kappa shape index (κ2) is 10.2. The first-order chi connectivity index (χ1) is 15.1. The SMILES string of the molecule is Cc1ccc(CN=C(NCc2nnc(C)n2C)NC2CCCCC2)c(OCC2CC2)c1. The molecule has 0 bridgehead atoms. The van der Waals surface area contributed by atoms with E-state index in [0.717, 1.165) is 41.4 Å². The third-order valence-electron chi connectivity index (χ3n) is 6.34. The van der Waals surface area contributed by atoms with Crippen molar-refractivity contribution in [1.29, 1.82) is 0 Å². The van der Waals surface area contributed by atoms with Crippen molar-refractivity contribution in [3.05, 3.63) is 41.0 Å². The molecule has 0 unspecified atom stereocenters. The molecule has 7 heteroatoms. The summed E-state index contributed by atoms with van der Waals surface area (Å²) in [7, 11) is 1.99. The van der Waals surface area contributed by atoms with Crippen molar-refractivity contribution in [3.63, 3.8) is 0 Å². The molecule has 2 saturated carbocycles. The summed E-state index contributed by atoms with van der Waals surface area (Å²) in [6.45, 7) is 6.07. The van der Waals surface area contributed by atoms with Gasteiger partial charge in [0, 0.05) is 18.7 Å². The smallest absolute Gasteiger partial charge is 0.192 e. The third-order valence-corrected chi connectivity index (χ3v) is 6.34. The number of benzene rings is 1. The maximum absolute atomic E-state index is 6.14. The molecule has 0 radical (unpaired) electrons. The van der Waals surface area contributed by atoms with Gasteiger partial charge in [0.2, 0.25) is 0 Å². The van der Waals surface area contributed by atoms with Crippen molar-refractivity contribution >= 4 is 5.96 Å². The second-order valence-electron chi connectivity index (χ2n) is 9.09. The number of aryl methyl sites for hydroxylation is 2. The third kappa shape index (κ3) is 6.21. The van der Waals surface area contributed by atoms with Gasteiger partial charge < -0.3 is 19.9 Å². The van der Waals surface area contributed by atoms with Crippen LogP contribution in [0.5, 0.6) is 5.75 Å². The number of nitrogens with zero attached hydrogens (tertiary/aromatic N) is 4. The highest BCUT2D eigenvalue weighted by Gasteiger charge is 2.22. The highest BCUT2D eigenvalue weighted by atomic mass is 16.5. The van der Waals surface area contributed by atoms with E-state index < -0.39 is 0 Å². The van der Waals surface area contributed by atoms with E-state index in [1.165, 1.54) is 50.5 Å². The van der Waals surface area contributed by atoms with Crippen LogP contribution in [0.2, 0.25) is 0 Å². The van der Waals surface area contributed by atoms with Crippen molar-refractivity contribution in [3.8, 4) is 5.75 Å². The molecular weight excluding hydrogens is 388 g/mol. The van der Waals surface area contributed by atoms with Gasteiger partial charge in [-0.3, -0.25) is 0 Å². The summed E-state index contributed by atoms with van der Waals surface area (Å²) < 4.78 is 8.15. The zero-order valence-electron chi connectivity index (χ0n) is 19.2. The van der Waals surface area contributed by atoms with Crippen LogP contribution >= 0.6 is 0 Å². The van der Waals surface area contributed by atoms with Crippen molar-refractivity contribution in [2.24, 2.45) is 18.0 Å². The lowest BCUT2D eigenvalue weighted by Gasteiger charge is -2.25. The summed E-state index contributed by atoms with van der Waals surface area (Å²) in [6, 6.07) is 6.89. The van der Waals surface area contributed by atoms with Crippen LogP contribution in [0.4, 0.5) is 0 Å². The maximum Gasteiger partial charge on any atom is 0.192 e. The molecule has 0 saturated heterocycles. The number of rotatable bonds is 8. The van der Waals surface area contributed by atoms with E-state index in [4.69, 9.17) is 9.73 Å². The van der Waals surface area contributed by atoms with Crippen LogP contribution in [0.15, 0.2) is 23.2 Å². The van der Waals surface area contributed by atoms with E-state index in [0.29, 0.717) is 19.1 Å². The summed E-state index contributed by atoms with van der Waals surface area (Å²) >= 11 is 0. The molecule has 0 spiro atoms. The predicted octanol–water partition coefficient (Wildman–Crippen LogP) is 3.79. The van der Waals surface area contributed by atoms with E-state index in [2.05, 4.69) is 46.0 Å². The molecule has 1 aromatic carbocycles. The zero-order valence-corrected chi connectivity index (χ0v) is 19.2. The first-order valence-corrected chi connectivity index (χ1v) is 11.7. The fourth-order valence-electron chi connectivity index (χ4n) is 3.94. The Kier molecular flexibility index (Phi) is 7.10. The van der Waals surface area contributed by atoms with E-state index in [9.17, 15) is 0 Å². The van der Waals surface area contributed by atoms with Gasteiger partial charge in [0.15, 0.2) is 11.8 Å². The Morgan fingerprint density at radius 1 is 1.13 bits per heavy atom. The summed E-state index contributed by atoms with van der Waals surface area (Å²) in [5.74, 6) is 4.35. The molecule has 0 amide bonds. The van der Waals surface area contributed by atoms with Crippen molar-refractivity contribution < 1.29 is 4.74 Å². The molecule has 0 atom stereocenters. The topological polar surface area (TPSA) is 76.4 Å². The standard InChI is InChI=1S/C24H36N6O/c1-17-9-12-20(22(13-17)31-16-19-10-11-19)14-25-24(27-21-7-5-4-6-8-21)26-15-23-29-28-18(2)30(23)3/h9,12-13,19,21H,4-8,10-11,14-16H2,1-3H3,(H2,25,26,27). The van der Waals surface area contributed by atoms with Gasteiger partial charge >= 0.3 is 0 Å². The molecule has 7 nitrogen and oxygen atoms in total. The minimum Gasteiger partial charge on any atom is -0.493 e. The fourth-order valence-corrected chi connectivity index (χ4v) is 3.94. The summed E-state index contributed by atoms with van der Waals surface area (Å²) in [5.41, 5.74) is 2.35. The first kappa shape index (κ1) is 21.7. The van der Waals surface area contributed by atoms with Crippen molar-refractivity contribution in [2.75, 3.05) is 6.61 Å². The van der Waals surface area contributed by atoms with E-state index in [1.54, 1.807) is 0 Å². The van der Waals surface area contributed by atoms with Crippen LogP contribution in [-0.4, -0.2) is 33.4 Å². The Bertz CT molecular complexity index is 895. The molecule has 2 aromatic rings. The van der Waals surface area contributed by atoms with Gasteiger partial charge in [-0.25, -0.2) is 4.99 Å². The molecule has 168 valence electrons.